The first-order chi connectivity index (χ1) is 9.74. The van der Waals surface area contributed by atoms with Crippen LogP contribution in [0.1, 0.15) is 16.2 Å². The van der Waals surface area contributed by atoms with Crippen LogP contribution in [0.5, 0.6) is 0 Å². The monoisotopic (exact) mass is 287 g/mol. The van der Waals surface area contributed by atoms with Crippen molar-refractivity contribution in [2.45, 2.75) is 6.54 Å². The average molecular weight is 288 g/mol. The summed E-state index contributed by atoms with van der Waals surface area (Å²) in [7, 11) is 0. The number of pyridine rings is 2. The van der Waals surface area contributed by atoms with E-state index in [1.807, 2.05) is 28.8 Å². The van der Waals surface area contributed by atoms with E-state index in [9.17, 15) is 4.79 Å². The van der Waals surface area contributed by atoms with Crippen LogP contribution in [0.2, 0.25) is 5.15 Å². The third-order valence-electron chi connectivity index (χ3n) is 2.78. The molecule has 3 heterocycles. The van der Waals surface area contributed by atoms with Crippen molar-refractivity contribution < 1.29 is 4.79 Å². The van der Waals surface area contributed by atoms with E-state index in [4.69, 9.17) is 11.6 Å². The highest BCUT2D eigenvalue weighted by Gasteiger charge is 2.09. The molecule has 0 aliphatic heterocycles. The molecule has 20 heavy (non-hydrogen) atoms. The summed E-state index contributed by atoms with van der Waals surface area (Å²) in [5.41, 5.74) is 1.20. The van der Waals surface area contributed by atoms with Crippen LogP contribution in [0.15, 0.2) is 42.7 Å². The largest absolute Gasteiger partial charge is 0.345 e. The molecule has 0 saturated carbocycles. The van der Waals surface area contributed by atoms with Crippen molar-refractivity contribution >= 4 is 23.2 Å². The molecule has 6 nitrogen and oxygen atoms in total. The van der Waals surface area contributed by atoms with E-state index >= 15 is 0 Å². The van der Waals surface area contributed by atoms with Crippen molar-refractivity contribution in [2.24, 2.45) is 0 Å². The highest BCUT2D eigenvalue weighted by Crippen LogP contribution is 2.07. The predicted molar refractivity (Wildman–Crippen MR) is 73.4 cm³/mol. The molecule has 1 amide bonds. The van der Waals surface area contributed by atoms with Crippen molar-refractivity contribution in [1.29, 1.82) is 0 Å². The smallest absolute Gasteiger partial charge is 0.251 e. The minimum absolute atomic E-state index is 0.234. The molecule has 0 bridgehead atoms. The fraction of sp³-hybridized carbons (Fsp3) is 0.0769. The summed E-state index contributed by atoms with van der Waals surface area (Å²) in [6, 6.07) is 8.72. The minimum Gasteiger partial charge on any atom is -0.345 e. The maximum atomic E-state index is 12.0. The average Bonchev–Trinajstić information content (AvgIpc) is 2.88. The lowest BCUT2D eigenvalue weighted by Gasteiger charge is -2.04. The summed E-state index contributed by atoms with van der Waals surface area (Å²) in [6.07, 6.45) is 3.34. The molecule has 0 atom stereocenters. The number of aromatic nitrogens is 4. The van der Waals surface area contributed by atoms with E-state index in [0.29, 0.717) is 11.4 Å². The van der Waals surface area contributed by atoms with Gasteiger partial charge in [-0.15, -0.1) is 10.2 Å². The Kier molecular flexibility index (Phi) is 3.30. The number of hydrogen-bond acceptors (Lipinski definition) is 4. The third-order valence-corrected chi connectivity index (χ3v) is 2.99. The number of fused-ring (bicyclic) bond motifs is 1. The molecule has 0 radical (unpaired) electrons. The summed E-state index contributed by atoms with van der Waals surface area (Å²) in [4.78, 5) is 15.8. The van der Waals surface area contributed by atoms with E-state index in [-0.39, 0.29) is 17.6 Å². The van der Waals surface area contributed by atoms with Crippen LogP contribution < -0.4 is 5.32 Å². The molecule has 0 spiro atoms. The fourth-order valence-corrected chi connectivity index (χ4v) is 1.99. The second-order valence-electron chi connectivity index (χ2n) is 4.09. The first-order valence-electron chi connectivity index (χ1n) is 5.92. The van der Waals surface area contributed by atoms with Gasteiger partial charge < -0.3 is 5.32 Å². The van der Waals surface area contributed by atoms with Crippen molar-refractivity contribution in [2.75, 3.05) is 0 Å². The van der Waals surface area contributed by atoms with Crippen LogP contribution in [-0.2, 0) is 6.54 Å². The van der Waals surface area contributed by atoms with E-state index in [2.05, 4.69) is 20.5 Å². The third kappa shape index (κ3) is 2.46. The van der Waals surface area contributed by atoms with Crippen molar-refractivity contribution in [1.82, 2.24) is 24.9 Å². The van der Waals surface area contributed by atoms with Crippen LogP contribution in [0.4, 0.5) is 0 Å². The van der Waals surface area contributed by atoms with Gasteiger partial charge in [0.05, 0.1) is 6.54 Å². The molecule has 3 rings (SSSR count). The Morgan fingerprint density at radius 2 is 2.20 bits per heavy atom. The van der Waals surface area contributed by atoms with Crippen molar-refractivity contribution in [3.63, 3.8) is 0 Å². The van der Waals surface area contributed by atoms with E-state index in [0.717, 1.165) is 5.65 Å². The standard InChI is InChI=1S/C13H10ClN5O/c14-10-7-9(4-5-15-10)13(20)16-8-12-18-17-11-3-1-2-6-19(11)12/h1-7H,8H2,(H,16,20). The molecular weight excluding hydrogens is 278 g/mol. The highest BCUT2D eigenvalue weighted by atomic mass is 35.5. The zero-order valence-corrected chi connectivity index (χ0v) is 11.1. The number of amides is 1. The summed E-state index contributed by atoms with van der Waals surface area (Å²) in [5, 5.41) is 11.1. The zero-order valence-electron chi connectivity index (χ0n) is 10.3. The Balaban J connectivity index is 1.75. The fourth-order valence-electron chi connectivity index (χ4n) is 1.82. The number of nitrogens with one attached hydrogen (secondary N) is 1. The summed E-state index contributed by atoms with van der Waals surface area (Å²) >= 11 is 5.75. The van der Waals surface area contributed by atoms with Gasteiger partial charge in [0.15, 0.2) is 11.5 Å². The summed E-state index contributed by atoms with van der Waals surface area (Å²) in [5.74, 6) is 0.427. The number of nitrogens with zero attached hydrogens (tertiary/aromatic N) is 4. The first kappa shape index (κ1) is 12.6. The first-order valence-corrected chi connectivity index (χ1v) is 6.30. The molecule has 100 valence electrons. The normalized spacial score (nSPS) is 10.7. The zero-order chi connectivity index (χ0) is 13.9. The molecule has 7 heteroatoms. The molecule has 0 aromatic carbocycles. The van der Waals surface area contributed by atoms with Gasteiger partial charge in [-0.2, -0.15) is 0 Å². The van der Waals surface area contributed by atoms with Gasteiger partial charge in [-0.05, 0) is 24.3 Å². The molecule has 0 fully saturated rings. The Bertz CT molecular complexity index is 770. The molecule has 3 aromatic heterocycles. The number of halogens is 1. The van der Waals surface area contributed by atoms with Crippen LogP contribution in [0.3, 0.4) is 0 Å². The molecule has 1 N–H and O–H groups in total. The topological polar surface area (TPSA) is 72.2 Å². The summed E-state index contributed by atoms with van der Waals surface area (Å²) in [6.45, 7) is 0.282. The second kappa shape index (κ2) is 5.26. The van der Waals surface area contributed by atoms with Crippen LogP contribution in [-0.4, -0.2) is 25.5 Å². The molecule has 0 unspecified atom stereocenters. The lowest BCUT2D eigenvalue weighted by molar-refractivity contribution is 0.0949. The van der Waals surface area contributed by atoms with Gasteiger partial charge in [0.2, 0.25) is 0 Å². The Morgan fingerprint density at radius 3 is 3.05 bits per heavy atom. The maximum Gasteiger partial charge on any atom is 0.251 e. The number of carbonyl (C=O) groups is 1. The van der Waals surface area contributed by atoms with Gasteiger partial charge in [-0.1, -0.05) is 17.7 Å². The van der Waals surface area contributed by atoms with Crippen LogP contribution in [0, 0.1) is 0 Å². The van der Waals surface area contributed by atoms with Crippen LogP contribution in [0.25, 0.3) is 5.65 Å². The van der Waals surface area contributed by atoms with E-state index < -0.39 is 0 Å². The maximum absolute atomic E-state index is 12.0. The van der Waals surface area contributed by atoms with Gasteiger partial charge in [0.25, 0.3) is 5.91 Å². The quantitative estimate of drug-likeness (QED) is 0.744. The lowest BCUT2D eigenvalue weighted by atomic mass is 10.2. The Labute approximate surface area is 119 Å². The minimum atomic E-state index is -0.234. The van der Waals surface area contributed by atoms with Crippen molar-refractivity contribution in [3.05, 3.63) is 59.3 Å². The molecule has 0 aliphatic rings. The van der Waals surface area contributed by atoms with Crippen molar-refractivity contribution in [3.8, 4) is 0 Å². The Morgan fingerprint density at radius 1 is 1.30 bits per heavy atom. The van der Waals surface area contributed by atoms with E-state index in [1.54, 1.807) is 6.07 Å². The number of hydrogen-bond donors (Lipinski definition) is 1. The SMILES string of the molecule is O=C(NCc1nnc2ccccn12)c1ccnc(Cl)c1. The molecule has 0 saturated heterocycles. The summed E-state index contributed by atoms with van der Waals surface area (Å²) < 4.78 is 1.82. The number of carbonyl (C=O) groups excluding carboxylic acids is 1. The highest BCUT2D eigenvalue weighted by molar-refractivity contribution is 6.29. The van der Waals surface area contributed by atoms with Crippen LogP contribution >= 0.6 is 11.6 Å². The lowest BCUT2D eigenvalue weighted by Crippen LogP contribution is -2.24. The predicted octanol–water partition coefficient (Wildman–Crippen LogP) is 1.71. The molecule has 0 aliphatic carbocycles. The van der Waals surface area contributed by atoms with Gasteiger partial charge >= 0.3 is 0 Å². The van der Waals surface area contributed by atoms with Gasteiger partial charge in [0, 0.05) is 18.0 Å². The molecule has 3 aromatic rings. The van der Waals surface area contributed by atoms with Gasteiger partial charge in [0.1, 0.15) is 5.15 Å². The second-order valence-corrected chi connectivity index (χ2v) is 4.48. The number of rotatable bonds is 3. The van der Waals surface area contributed by atoms with Gasteiger partial charge in [-0.3, -0.25) is 9.20 Å². The van der Waals surface area contributed by atoms with Gasteiger partial charge in [-0.25, -0.2) is 4.98 Å². The molecular formula is C13H10ClN5O. The van der Waals surface area contributed by atoms with E-state index in [1.165, 1.54) is 12.3 Å². The Hall–Kier alpha value is -2.47.